The number of benzene rings is 3. The van der Waals surface area contributed by atoms with Crippen LogP contribution in [0.5, 0.6) is 11.5 Å². The predicted molar refractivity (Wildman–Crippen MR) is 149 cm³/mol. The molecule has 3 heteroatoms. The molecule has 0 bridgehead atoms. The number of fused-ring (bicyclic) bond motifs is 2. The van der Waals surface area contributed by atoms with Gasteiger partial charge in [-0.25, -0.2) is 4.39 Å². The van der Waals surface area contributed by atoms with E-state index in [9.17, 15) is 0 Å². The zero-order chi connectivity index (χ0) is 25.8. The van der Waals surface area contributed by atoms with Gasteiger partial charge in [0.15, 0.2) is 0 Å². The third-order valence-corrected chi connectivity index (χ3v) is 9.52. The van der Waals surface area contributed by atoms with E-state index >= 15 is 4.39 Å². The molecule has 37 heavy (non-hydrogen) atoms. The van der Waals surface area contributed by atoms with Crippen LogP contribution in [0.25, 0.3) is 16.7 Å². The monoisotopic (exact) mass is 496 g/mol. The van der Waals surface area contributed by atoms with E-state index in [2.05, 4.69) is 63.2 Å². The Morgan fingerprint density at radius 1 is 0.892 bits per heavy atom. The topological polar surface area (TPSA) is 18.5 Å². The fourth-order valence-electron chi connectivity index (χ4n) is 6.98. The molecule has 0 amide bonds. The van der Waals surface area contributed by atoms with E-state index in [1.165, 1.54) is 48.4 Å². The Labute approximate surface area is 220 Å². The maximum atomic E-state index is 15.1. The van der Waals surface area contributed by atoms with Gasteiger partial charge in [-0.2, -0.15) is 0 Å². The first-order chi connectivity index (χ1) is 17.8. The normalized spacial score (nSPS) is 23.5. The van der Waals surface area contributed by atoms with Crippen molar-refractivity contribution >= 4 is 5.57 Å². The summed E-state index contributed by atoms with van der Waals surface area (Å²) in [5.74, 6) is 2.13. The van der Waals surface area contributed by atoms with Crippen LogP contribution in [0.4, 0.5) is 4.39 Å². The second-order valence-electron chi connectivity index (χ2n) is 12.0. The maximum absolute atomic E-state index is 15.1. The lowest BCUT2D eigenvalue weighted by Gasteiger charge is -2.46. The van der Waals surface area contributed by atoms with Crippen LogP contribution in [0.15, 0.2) is 60.7 Å². The number of rotatable bonds is 6. The minimum Gasteiger partial charge on any atom is -0.497 e. The summed E-state index contributed by atoms with van der Waals surface area (Å²) in [5.41, 5.74) is 8.38. The zero-order valence-electron chi connectivity index (χ0n) is 22.5. The van der Waals surface area contributed by atoms with Crippen molar-refractivity contribution in [2.45, 2.75) is 71.3 Å². The van der Waals surface area contributed by atoms with Crippen LogP contribution in [0.3, 0.4) is 0 Å². The van der Waals surface area contributed by atoms with Crippen LogP contribution in [-0.2, 0) is 18.4 Å². The molecule has 1 fully saturated rings. The van der Waals surface area contributed by atoms with Gasteiger partial charge in [-0.15, -0.1) is 0 Å². The van der Waals surface area contributed by atoms with E-state index < -0.39 is 0 Å². The van der Waals surface area contributed by atoms with Gasteiger partial charge in [0.2, 0.25) is 0 Å². The van der Waals surface area contributed by atoms with Gasteiger partial charge in [0.25, 0.3) is 0 Å². The first-order valence-electron chi connectivity index (χ1n) is 13.7. The molecule has 0 radical (unpaired) electrons. The second-order valence-corrected chi connectivity index (χ2v) is 12.0. The van der Waals surface area contributed by atoms with E-state index in [4.69, 9.17) is 9.47 Å². The largest absolute Gasteiger partial charge is 0.497 e. The highest BCUT2D eigenvalue weighted by molar-refractivity contribution is 5.85. The second kappa shape index (κ2) is 9.04. The minimum atomic E-state index is -0.236. The van der Waals surface area contributed by atoms with E-state index in [0.717, 1.165) is 41.2 Å². The molecule has 0 aliphatic heterocycles. The molecule has 1 saturated carbocycles. The van der Waals surface area contributed by atoms with Gasteiger partial charge < -0.3 is 9.47 Å². The van der Waals surface area contributed by atoms with Crippen molar-refractivity contribution < 1.29 is 13.9 Å². The van der Waals surface area contributed by atoms with Crippen molar-refractivity contribution in [2.75, 3.05) is 7.11 Å². The number of aryl methyl sites for hydroxylation is 1. The van der Waals surface area contributed by atoms with Crippen molar-refractivity contribution in [2.24, 2.45) is 11.3 Å². The van der Waals surface area contributed by atoms with Crippen LogP contribution < -0.4 is 9.47 Å². The van der Waals surface area contributed by atoms with Crippen molar-refractivity contribution in [1.29, 1.82) is 0 Å². The fourth-order valence-corrected chi connectivity index (χ4v) is 6.98. The van der Waals surface area contributed by atoms with Crippen LogP contribution >= 0.6 is 0 Å². The van der Waals surface area contributed by atoms with Crippen LogP contribution in [0.1, 0.15) is 75.1 Å². The average Bonchev–Trinajstić information content (AvgIpc) is 3.47. The highest BCUT2D eigenvalue weighted by Gasteiger charge is 2.49. The summed E-state index contributed by atoms with van der Waals surface area (Å²) in [6.07, 6.45) is 9.57. The Morgan fingerprint density at radius 3 is 2.43 bits per heavy atom. The number of methoxy groups -OCH3 is 1. The molecule has 2 atom stereocenters. The molecule has 0 heterocycles. The third-order valence-electron chi connectivity index (χ3n) is 9.52. The molecule has 2 nitrogen and oxygen atoms in total. The van der Waals surface area contributed by atoms with E-state index in [-0.39, 0.29) is 11.2 Å². The molecular weight excluding hydrogens is 459 g/mol. The molecule has 0 saturated heterocycles. The summed E-state index contributed by atoms with van der Waals surface area (Å²) in [6, 6.07) is 18.0. The van der Waals surface area contributed by atoms with Crippen molar-refractivity contribution in [1.82, 2.24) is 0 Å². The molecule has 0 aromatic heterocycles. The Morgan fingerprint density at radius 2 is 1.73 bits per heavy atom. The molecule has 3 aliphatic rings. The van der Waals surface area contributed by atoms with E-state index in [1.54, 1.807) is 19.2 Å². The van der Waals surface area contributed by atoms with Gasteiger partial charge in [0.05, 0.1) is 7.11 Å². The van der Waals surface area contributed by atoms with Crippen LogP contribution in [0.2, 0.25) is 0 Å². The standard InChI is InChI=1S/C34H37FO2/c1-22-13-16-34(22)17-14-24-8-9-26(20-31(24)34)37-21-23-7-11-27(29-19-25(36-4)10-12-32(29)35)28(18-23)30-6-5-15-33(30,2)3/h6-12,18-20,22H,5,13-17,21H2,1-4H3/t22-,34+/m1/s1. The Bertz CT molecular complexity index is 1380. The number of hydrogen-bond donors (Lipinski definition) is 0. The summed E-state index contributed by atoms with van der Waals surface area (Å²) < 4.78 is 26.8. The minimum absolute atomic E-state index is 0.0390. The lowest BCUT2D eigenvalue weighted by atomic mass is 9.58. The van der Waals surface area contributed by atoms with Crippen LogP contribution in [-0.4, -0.2) is 7.11 Å². The molecule has 192 valence electrons. The van der Waals surface area contributed by atoms with Crippen molar-refractivity contribution in [3.8, 4) is 22.6 Å². The summed E-state index contributed by atoms with van der Waals surface area (Å²) in [5, 5.41) is 0. The van der Waals surface area contributed by atoms with Gasteiger partial charge in [-0.3, -0.25) is 0 Å². The fraction of sp³-hybridized carbons (Fsp3) is 0.412. The third kappa shape index (κ3) is 4.07. The number of allylic oxidation sites excluding steroid dienone is 2. The summed E-state index contributed by atoms with van der Waals surface area (Å²) in [6.45, 7) is 7.45. The zero-order valence-corrected chi connectivity index (χ0v) is 22.5. The van der Waals surface area contributed by atoms with Gasteiger partial charge in [0, 0.05) is 5.56 Å². The Balaban J connectivity index is 1.33. The molecule has 1 spiro atoms. The molecular formula is C34H37FO2. The van der Waals surface area contributed by atoms with Crippen molar-refractivity contribution in [3.05, 3.63) is 88.7 Å². The summed E-state index contributed by atoms with van der Waals surface area (Å²) in [7, 11) is 1.62. The molecule has 3 aromatic rings. The lowest BCUT2D eigenvalue weighted by molar-refractivity contribution is 0.138. The van der Waals surface area contributed by atoms with E-state index in [0.29, 0.717) is 23.3 Å². The van der Waals surface area contributed by atoms with Gasteiger partial charge in [0.1, 0.15) is 23.9 Å². The Kier molecular flexibility index (Phi) is 5.93. The Hall–Kier alpha value is -3.07. The van der Waals surface area contributed by atoms with Gasteiger partial charge in [-0.05, 0) is 125 Å². The quantitative estimate of drug-likeness (QED) is 0.339. The number of hydrogen-bond acceptors (Lipinski definition) is 2. The van der Waals surface area contributed by atoms with Gasteiger partial charge >= 0.3 is 0 Å². The summed E-state index contributed by atoms with van der Waals surface area (Å²) in [4.78, 5) is 0. The van der Waals surface area contributed by atoms with Crippen LogP contribution in [0, 0.1) is 17.2 Å². The molecule has 0 unspecified atom stereocenters. The first kappa shape index (κ1) is 24.3. The van der Waals surface area contributed by atoms with Gasteiger partial charge in [-0.1, -0.05) is 45.0 Å². The average molecular weight is 497 g/mol. The van der Waals surface area contributed by atoms with Crippen molar-refractivity contribution in [3.63, 3.8) is 0 Å². The van der Waals surface area contributed by atoms with E-state index in [1.807, 2.05) is 0 Å². The number of halogens is 1. The first-order valence-corrected chi connectivity index (χ1v) is 13.7. The molecule has 0 N–H and O–H groups in total. The SMILES string of the molecule is COc1ccc(F)c(-c2ccc(COc3ccc4c(c3)[C@]3(CC4)CC[C@H]3C)cc2C2=CCCC2(C)C)c1. The smallest absolute Gasteiger partial charge is 0.131 e. The number of ether oxygens (including phenoxy) is 2. The molecule has 3 aliphatic carbocycles. The highest BCUT2D eigenvalue weighted by atomic mass is 19.1. The lowest BCUT2D eigenvalue weighted by Crippen LogP contribution is -2.40. The highest BCUT2D eigenvalue weighted by Crippen LogP contribution is 2.56. The molecule has 3 aromatic carbocycles. The summed E-state index contributed by atoms with van der Waals surface area (Å²) >= 11 is 0. The maximum Gasteiger partial charge on any atom is 0.131 e. The molecule has 6 rings (SSSR count). The predicted octanol–water partition coefficient (Wildman–Crippen LogP) is 8.90.